The maximum absolute atomic E-state index is 12.8. The molecule has 6 nitrogen and oxygen atoms in total. The molecule has 0 N–H and O–H groups in total. The van der Waals surface area contributed by atoms with Gasteiger partial charge >= 0.3 is 0 Å². The van der Waals surface area contributed by atoms with E-state index in [1.807, 2.05) is 60.0 Å². The molecule has 2 aromatic carbocycles. The van der Waals surface area contributed by atoms with E-state index >= 15 is 0 Å². The Morgan fingerprint density at radius 3 is 2.13 bits per heavy atom. The monoisotopic (exact) mass is 410 g/mol. The summed E-state index contributed by atoms with van der Waals surface area (Å²) in [6.07, 6.45) is 1.07. The Morgan fingerprint density at radius 2 is 1.50 bits per heavy atom. The molecule has 160 valence electrons. The van der Waals surface area contributed by atoms with Crippen molar-refractivity contribution >= 4 is 11.8 Å². The summed E-state index contributed by atoms with van der Waals surface area (Å²) in [6, 6.07) is 11.5. The number of benzene rings is 2. The predicted octanol–water partition coefficient (Wildman–Crippen LogP) is 3.24. The number of amides is 2. The van der Waals surface area contributed by atoms with E-state index in [4.69, 9.17) is 9.47 Å². The summed E-state index contributed by atoms with van der Waals surface area (Å²) in [5.74, 6) is 1.50. The quantitative estimate of drug-likeness (QED) is 0.734. The maximum Gasteiger partial charge on any atom is 0.253 e. The third kappa shape index (κ3) is 4.93. The van der Waals surface area contributed by atoms with E-state index in [0.717, 1.165) is 11.1 Å². The van der Waals surface area contributed by atoms with Gasteiger partial charge in [0.2, 0.25) is 5.91 Å². The Bertz CT molecular complexity index is 917. The Balaban J connectivity index is 1.51. The molecule has 0 aliphatic carbocycles. The zero-order valence-corrected chi connectivity index (χ0v) is 18.2. The van der Waals surface area contributed by atoms with Crippen LogP contribution in [0.2, 0.25) is 0 Å². The van der Waals surface area contributed by atoms with Crippen LogP contribution in [-0.2, 0) is 11.2 Å². The van der Waals surface area contributed by atoms with Crippen molar-refractivity contribution in [3.8, 4) is 11.5 Å². The van der Waals surface area contributed by atoms with Crippen LogP contribution in [0.5, 0.6) is 11.5 Å². The summed E-state index contributed by atoms with van der Waals surface area (Å²) in [5, 5.41) is 0. The molecule has 0 unspecified atom stereocenters. The minimum atomic E-state index is 0.0375. The van der Waals surface area contributed by atoms with Gasteiger partial charge < -0.3 is 19.3 Å². The Hall–Kier alpha value is -3.02. The highest BCUT2D eigenvalue weighted by Crippen LogP contribution is 2.28. The third-order valence-corrected chi connectivity index (χ3v) is 5.75. The highest BCUT2D eigenvalue weighted by atomic mass is 16.5. The van der Waals surface area contributed by atoms with Crippen LogP contribution in [0.15, 0.2) is 36.4 Å². The number of rotatable bonds is 6. The van der Waals surface area contributed by atoms with Crippen molar-refractivity contribution in [1.82, 2.24) is 9.80 Å². The van der Waals surface area contributed by atoms with Crippen molar-refractivity contribution in [2.75, 3.05) is 40.4 Å². The number of aryl methyl sites for hydroxylation is 3. The molecule has 1 aliphatic rings. The van der Waals surface area contributed by atoms with Crippen molar-refractivity contribution in [2.45, 2.75) is 26.7 Å². The van der Waals surface area contributed by atoms with Gasteiger partial charge in [-0.3, -0.25) is 9.59 Å². The van der Waals surface area contributed by atoms with E-state index in [1.54, 1.807) is 14.2 Å². The largest absolute Gasteiger partial charge is 0.493 e. The number of ether oxygens (including phenoxy) is 2. The first kappa shape index (κ1) is 21.7. The van der Waals surface area contributed by atoms with E-state index < -0.39 is 0 Å². The Labute approximate surface area is 178 Å². The second-order valence-corrected chi connectivity index (χ2v) is 7.66. The molecule has 1 saturated heterocycles. The van der Waals surface area contributed by atoms with Gasteiger partial charge in [-0.05, 0) is 61.2 Å². The Kier molecular flexibility index (Phi) is 6.98. The van der Waals surface area contributed by atoms with Crippen molar-refractivity contribution in [2.24, 2.45) is 0 Å². The number of hydrogen-bond acceptors (Lipinski definition) is 4. The van der Waals surface area contributed by atoms with Gasteiger partial charge in [0.05, 0.1) is 14.2 Å². The highest BCUT2D eigenvalue weighted by Gasteiger charge is 2.24. The van der Waals surface area contributed by atoms with Crippen LogP contribution in [0, 0.1) is 13.8 Å². The van der Waals surface area contributed by atoms with Crippen LogP contribution < -0.4 is 9.47 Å². The predicted molar refractivity (Wildman–Crippen MR) is 116 cm³/mol. The van der Waals surface area contributed by atoms with E-state index in [0.29, 0.717) is 56.1 Å². The molecule has 1 heterocycles. The second kappa shape index (κ2) is 9.65. The van der Waals surface area contributed by atoms with E-state index in [2.05, 4.69) is 0 Å². The molecule has 0 atom stereocenters. The van der Waals surface area contributed by atoms with Gasteiger partial charge in [-0.25, -0.2) is 0 Å². The molecule has 0 aromatic heterocycles. The minimum Gasteiger partial charge on any atom is -0.493 e. The molecule has 1 fully saturated rings. The number of hydrogen-bond donors (Lipinski definition) is 0. The lowest BCUT2D eigenvalue weighted by atomic mass is 10.1. The average molecular weight is 411 g/mol. The summed E-state index contributed by atoms with van der Waals surface area (Å²) in [4.78, 5) is 29.1. The summed E-state index contributed by atoms with van der Waals surface area (Å²) < 4.78 is 10.6. The smallest absolute Gasteiger partial charge is 0.253 e. The molecule has 2 amide bonds. The number of carbonyl (C=O) groups excluding carboxylic acids is 2. The van der Waals surface area contributed by atoms with E-state index in [1.165, 1.54) is 5.56 Å². The van der Waals surface area contributed by atoms with Crippen LogP contribution in [0.25, 0.3) is 0 Å². The van der Waals surface area contributed by atoms with Crippen molar-refractivity contribution in [3.63, 3.8) is 0 Å². The zero-order valence-electron chi connectivity index (χ0n) is 18.2. The molecule has 6 heteroatoms. The fraction of sp³-hybridized carbons (Fsp3) is 0.417. The Morgan fingerprint density at radius 1 is 0.833 bits per heavy atom. The number of piperazine rings is 1. The van der Waals surface area contributed by atoms with Crippen molar-refractivity contribution in [3.05, 3.63) is 58.7 Å². The first-order valence-electron chi connectivity index (χ1n) is 10.3. The maximum atomic E-state index is 12.8. The zero-order chi connectivity index (χ0) is 21.7. The van der Waals surface area contributed by atoms with Crippen LogP contribution in [0.1, 0.15) is 33.5 Å². The van der Waals surface area contributed by atoms with Gasteiger partial charge in [0.25, 0.3) is 5.91 Å². The van der Waals surface area contributed by atoms with Crippen molar-refractivity contribution < 1.29 is 19.1 Å². The van der Waals surface area contributed by atoms with Gasteiger partial charge in [-0.2, -0.15) is 0 Å². The topological polar surface area (TPSA) is 59.1 Å². The lowest BCUT2D eigenvalue weighted by Crippen LogP contribution is -2.50. The summed E-state index contributed by atoms with van der Waals surface area (Å²) in [7, 11) is 3.21. The first-order valence-corrected chi connectivity index (χ1v) is 10.3. The first-order chi connectivity index (χ1) is 14.4. The van der Waals surface area contributed by atoms with Crippen LogP contribution in [0.3, 0.4) is 0 Å². The molecule has 1 aliphatic heterocycles. The summed E-state index contributed by atoms with van der Waals surface area (Å²) in [6.45, 7) is 6.32. The minimum absolute atomic E-state index is 0.0375. The van der Waals surface area contributed by atoms with Gasteiger partial charge in [-0.15, -0.1) is 0 Å². The molecule has 3 rings (SSSR count). The lowest BCUT2D eigenvalue weighted by molar-refractivity contribution is -0.132. The third-order valence-electron chi connectivity index (χ3n) is 5.75. The van der Waals surface area contributed by atoms with Crippen LogP contribution in [0.4, 0.5) is 0 Å². The summed E-state index contributed by atoms with van der Waals surface area (Å²) >= 11 is 0. The lowest BCUT2D eigenvalue weighted by Gasteiger charge is -2.35. The van der Waals surface area contributed by atoms with Crippen molar-refractivity contribution in [1.29, 1.82) is 0 Å². The molecular formula is C24H30N2O4. The average Bonchev–Trinajstić information content (AvgIpc) is 2.78. The fourth-order valence-corrected chi connectivity index (χ4v) is 3.66. The second-order valence-electron chi connectivity index (χ2n) is 7.66. The summed E-state index contributed by atoms with van der Waals surface area (Å²) in [5.41, 5.74) is 4.04. The highest BCUT2D eigenvalue weighted by molar-refractivity contribution is 5.94. The van der Waals surface area contributed by atoms with Gasteiger partial charge in [0.15, 0.2) is 11.5 Å². The molecule has 0 saturated carbocycles. The molecular weight excluding hydrogens is 380 g/mol. The number of carbonyl (C=O) groups is 2. The van der Waals surface area contributed by atoms with Gasteiger partial charge in [0, 0.05) is 38.2 Å². The van der Waals surface area contributed by atoms with Gasteiger partial charge in [-0.1, -0.05) is 12.1 Å². The molecule has 2 aromatic rings. The van der Waals surface area contributed by atoms with Crippen LogP contribution >= 0.6 is 0 Å². The van der Waals surface area contributed by atoms with Crippen LogP contribution in [-0.4, -0.2) is 62.0 Å². The number of nitrogens with zero attached hydrogens (tertiary/aromatic N) is 2. The SMILES string of the molecule is COc1ccc(CCC(=O)N2CCN(C(=O)c3ccc(C)c(C)c3)CC2)cc1OC. The number of methoxy groups -OCH3 is 2. The standard InChI is InChI=1S/C24H30N2O4/c1-17-5-8-20(15-18(17)2)24(28)26-13-11-25(12-14-26)23(27)10-7-19-6-9-21(29-3)22(16-19)30-4/h5-6,8-9,15-16H,7,10-14H2,1-4H3. The van der Waals surface area contributed by atoms with E-state index in [-0.39, 0.29) is 11.8 Å². The molecule has 30 heavy (non-hydrogen) atoms. The van der Waals surface area contributed by atoms with E-state index in [9.17, 15) is 9.59 Å². The van der Waals surface area contributed by atoms with Gasteiger partial charge in [0.1, 0.15) is 0 Å². The fourth-order valence-electron chi connectivity index (χ4n) is 3.66. The molecule has 0 bridgehead atoms. The molecule has 0 radical (unpaired) electrons. The molecule has 0 spiro atoms. The normalized spacial score (nSPS) is 13.9.